The Labute approximate surface area is 149 Å². The molecular formula is C19H25Cl2N2+. The number of likely N-dealkylation sites (tertiary alicyclic amines) is 1. The molecule has 1 saturated heterocycles. The standard InChI is InChI=1S/C19H25Cl2N2/c1-19(2)13-16(22-9-4-3-5-10-22)8-11-23(19)14-15-6-7-17(20)18(21)12-15/h6-8,11-12H,3-5,9-10,13-14H2,1-2H3/q+1. The molecule has 0 amide bonds. The Bertz CT molecular complexity index is 641. The van der Waals surface area contributed by atoms with E-state index >= 15 is 0 Å². The van der Waals surface area contributed by atoms with Crippen LogP contribution in [0.3, 0.4) is 0 Å². The van der Waals surface area contributed by atoms with Gasteiger partial charge in [0, 0.05) is 44.3 Å². The zero-order valence-electron chi connectivity index (χ0n) is 14.0. The molecular weight excluding hydrogens is 327 g/mol. The summed E-state index contributed by atoms with van der Waals surface area (Å²) in [5, 5.41) is 1.24. The van der Waals surface area contributed by atoms with Gasteiger partial charge in [0.2, 0.25) is 0 Å². The highest BCUT2D eigenvalue weighted by Gasteiger charge is 2.35. The molecule has 0 aromatic heterocycles. The Morgan fingerprint density at radius 3 is 2.48 bits per heavy atom. The Morgan fingerprint density at radius 1 is 1.09 bits per heavy atom. The summed E-state index contributed by atoms with van der Waals surface area (Å²) in [7, 11) is 0. The zero-order valence-corrected chi connectivity index (χ0v) is 15.5. The minimum absolute atomic E-state index is 0.105. The second-order valence-electron chi connectivity index (χ2n) is 7.22. The van der Waals surface area contributed by atoms with Crippen molar-refractivity contribution < 1.29 is 4.58 Å². The molecule has 0 aliphatic carbocycles. The normalized spacial score (nSPS) is 21.0. The van der Waals surface area contributed by atoms with Gasteiger partial charge in [-0.3, -0.25) is 0 Å². The van der Waals surface area contributed by atoms with Gasteiger partial charge in [0.15, 0.2) is 18.3 Å². The molecule has 0 atom stereocenters. The highest BCUT2D eigenvalue weighted by Crippen LogP contribution is 2.29. The number of nitrogens with zero attached hydrogens (tertiary/aromatic N) is 2. The molecule has 23 heavy (non-hydrogen) atoms. The molecule has 4 heteroatoms. The van der Waals surface area contributed by atoms with E-state index in [1.807, 2.05) is 12.1 Å². The quantitative estimate of drug-likeness (QED) is 0.684. The fourth-order valence-electron chi connectivity index (χ4n) is 3.48. The van der Waals surface area contributed by atoms with Crippen LogP contribution in [-0.4, -0.2) is 34.3 Å². The average Bonchev–Trinajstić information content (AvgIpc) is 2.53. The summed E-state index contributed by atoms with van der Waals surface area (Å²) in [5.41, 5.74) is 2.78. The van der Waals surface area contributed by atoms with E-state index in [4.69, 9.17) is 23.2 Å². The summed E-state index contributed by atoms with van der Waals surface area (Å²) in [6.45, 7) is 7.91. The smallest absolute Gasteiger partial charge is 0.168 e. The molecule has 2 nitrogen and oxygen atoms in total. The van der Waals surface area contributed by atoms with Crippen molar-refractivity contribution in [3.63, 3.8) is 0 Å². The number of hydrogen-bond donors (Lipinski definition) is 0. The molecule has 1 aromatic rings. The molecule has 0 bridgehead atoms. The Hall–Kier alpha value is -0.990. The fourth-order valence-corrected chi connectivity index (χ4v) is 3.80. The second-order valence-corrected chi connectivity index (χ2v) is 8.03. The highest BCUT2D eigenvalue weighted by molar-refractivity contribution is 6.42. The van der Waals surface area contributed by atoms with Crippen molar-refractivity contribution in [1.29, 1.82) is 0 Å². The molecule has 1 fully saturated rings. The first-order valence-electron chi connectivity index (χ1n) is 8.45. The molecule has 0 N–H and O–H groups in total. The van der Waals surface area contributed by atoms with E-state index in [0.717, 1.165) is 13.0 Å². The maximum atomic E-state index is 6.15. The first-order valence-corrected chi connectivity index (χ1v) is 9.21. The van der Waals surface area contributed by atoms with E-state index in [1.165, 1.54) is 43.6 Å². The van der Waals surface area contributed by atoms with Crippen molar-refractivity contribution in [2.75, 3.05) is 13.1 Å². The summed E-state index contributed by atoms with van der Waals surface area (Å²) in [6, 6.07) is 5.91. The lowest BCUT2D eigenvalue weighted by molar-refractivity contribution is -0.612. The maximum absolute atomic E-state index is 6.15. The predicted molar refractivity (Wildman–Crippen MR) is 98.7 cm³/mol. The summed E-state index contributed by atoms with van der Waals surface area (Å²) < 4.78 is 2.40. The fraction of sp³-hybridized carbons (Fsp3) is 0.526. The summed E-state index contributed by atoms with van der Waals surface area (Å²) >= 11 is 12.2. The molecule has 0 unspecified atom stereocenters. The molecule has 3 rings (SSSR count). The van der Waals surface area contributed by atoms with E-state index in [2.05, 4.69) is 41.7 Å². The Morgan fingerprint density at radius 2 is 1.83 bits per heavy atom. The number of hydrogen-bond acceptors (Lipinski definition) is 1. The van der Waals surface area contributed by atoms with Crippen LogP contribution in [0.15, 0.2) is 30.0 Å². The van der Waals surface area contributed by atoms with Crippen molar-refractivity contribution in [2.45, 2.75) is 51.6 Å². The third-order valence-electron chi connectivity index (χ3n) is 4.94. The van der Waals surface area contributed by atoms with Crippen molar-refractivity contribution in [1.82, 2.24) is 4.90 Å². The van der Waals surface area contributed by atoms with E-state index in [9.17, 15) is 0 Å². The number of rotatable bonds is 3. The van der Waals surface area contributed by atoms with Crippen molar-refractivity contribution in [3.05, 3.63) is 45.6 Å². The topological polar surface area (TPSA) is 6.25 Å². The molecule has 0 spiro atoms. The minimum Gasteiger partial charge on any atom is -0.374 e. The molecule has 2 aliphatic heterocycles. The largest absolute Gasteiger partial charge is 0.374 e. The predicted octanol–water partition coefficient (Wildman–Crippen LogP) is 5.13. The van der Waals surface area contributed by atoms with Gasteiger partial charge in [0.05, 0.1) is 16.5 Å². The highest BCUT2D eigenvalue weighted by atomic mass is 35.5. The van der Waals surface area contributed by atoms with Gasteiger partial charge < -0.3 is 4.90 Å². The second kappa shape index (κ2) is 6.86. The van der Waals surface area contributed by atoms with Crippen LogP contribution >= 0.6 is 23.2 Å². The van der Waals surface area contributed by atoms with Crippen molar-refractivity contribution >= 4 is 29.4 Å². The van der Waals surface area contributed by atoms with Crippen molar-refractivity contribution in [2.24, 2.45) is 0 Å². The van der Waals surface area contributed by atoms with Crippen LogP contribution in [-0.2, 0) is 6.54 Å². The Kier molecular flexibility index (Phi) is 5.03. The van der Waals surface area contributed by atoms with Crippen LogP contribution in [0.5, 0.6) is 0 Å². The minimum atomic E-state index is 0.105. The third-order valence-corrected chi connectivity index (χ3v) is 5.68. The third kappa shape index (κ3) is 3.92. The summed E-state index contributed by atoms with van der Waals surface area (Å²) in [4.78, 5) is 2.57. The lowest BCUT2D eigenvalue weighted by atomic mass is 9.92. The van der Waals surface area contributed by atoms with E-state index in [1.54, 1.807) is 0 Å². The monoisotopic (exact) mass is 351 g/mol. The van der Waals surface area contributed by atoms with Crippen LogP contribution in [0.25, 0.3) is 0 Å². The number of benzene rings is 1. The molecule has 0 radical (unpaired) electrons. The van der Waals surface area contributed by atoms with Gasteiger partial charge in [0.25, 0.3) is 0 Å². The summed E-state index contributed by atoms with van der Waals surface area (Å²) in [6.07, 6.45) is 9.66. The van der Waals surface area contributed by atoms with Crippen LogP contribution in [0.1, 0.15) is 45.1 Å². The van der Waals surface area contributed by atoms with Crippen LogP contribution < -0.4 is 0 Å². The van der Waals surface area contributed by atoms with Gasteiger partial charge in [-0.15, -0.1) is 0 Å². The lowest BCUT2D eigenvalue weighted by Crippen LogP contribution is -2.43. The molecule has 1 aromatic carbocycles. The number of halogens is 2. The molecule has 2 aliphatic rings. The zero-order chi connectivity index (χ0) is 16.4. The van der Waals surface area contributed by atoms with Gasteiger partial charge in [-0.25, -0.2) is 4.58 Å². The molecule has 0 saturated carbocycles. The van der Waals surface area contributed by atoms with E-state index in [-0.39, 0.29) is 5.54 Å². The van der Waals surface area contributed by atoms with Gasteiger partial charge in [0.1, 0.15) is 0 Å². The van der Waals surface area contributed by atoms with Gasteiger partial charge in [-0.1, -0.05) is 29.3 Å². The van der Waals surface area contributed by atoms with Gasteiger partial charge in [-0.05, 0) is 31.4 Å². The first-order chi connectivity index (χ1) is 11.0. The SMILES string of the molecule is CC1(C)CC(N2CCCCC2)=CC=[N+]1Cc1ccc(Cl)c(Cl)c1. The van der Waals surface area contributed by atoms with Gasteiger partial charge in [-0.2, -0.15) is 0 Å². The number of piperidine rings is 1. The Balaban J connectivity index is 1.79. The summed E-state index contributed by atoms with van der Waals surface area (Å²) in [5.74, 6) is 0. The maximum Gasteiger partial charge on any atom is 0.168 e. The first kappa shape index (κ1) is 16.9. The molecule has 124 valence electrons. The van der Waals surface area contributed by atoms with Crippen LogP contribution in [0, 0.1) is 0 Å². The molecule has 2 heterocycles. The van der Waals surface area contributed by atoms with Gasteiger partial charge >= 0.3 is 0 Å². The average molecular weight is 352 g/mol. The van der Waals surface area contributed by atoms with E-state index in [0.29, 0.717) is 10.0 Å². The van der Waals surface area contributed by atoms with Crippen LogP contribution in [0.4, 0.5) is 0 Å². The number of allylic oxidation sites excluding steroid dienone is 1. The van der Waals surface area contributed by atoms with Crippen molar-refractivity contribution in [3.8, 4) is 0 Å². The lowest BCUT2D eigenvalue weighted by Gasteiger charge is -2.36. The van der Waals surface area contributed by atoms with E-state index < -0.39 is 0 Å². The van der Waals surface area contributed by atoms with Crippen LogP contribution in [0.2, 0.25) is 10.0 Å².